The lowest BCUT2D eigenvalue weighted by Crippen LogP contribution is -2.42. The van der Waals surface area contributed by atoms with E-state index in [0.29, 0.717) is 0 Å². The van der Waals surface area contributed by atoms with Crippen LogP contribution in [0.4, 0.5) is 0 Å². The number of rotatable bonds is 18. The first-order valence-electron chi connectivity index (χ1n) is 7.25. The van der Waals surface area contributed by atoms with Crippen molar-refractivity contribution in [3.05, 3.63) is 12.7 Å². The van der Waals surface area contributed by atoms with E-state index in [-0.39, 0.29) is 59.3 Å². The second-order valence-corrected chi connectivity index (χ2v) is 4.92. The Kier molecular flexibility index (Phi) is 14.7. The van der Waals surface area contributed by atoms with E-state index in [1.807, 2.05) is 0 Å². The standard InChI is InChI=1S/C14H26O10/c1-3-5-22-24-23-12-14(9-18-2,11-20-7-8-21-17)10-19-6-4-13(15)16/h3,17H,1,4-12H2,2H3,(H,15,16). The van der Waals surface area contributed by atoms with Gasteiger partial charge in [0.2, 0.25) is 0 Å². The minimum atomic E-state index is -0.957. The summed E-state index contributed by atoms with van der Waals surface area (Å²) in [5, 5.41) is 21.5. The molecule has 0 bridgehead atoms. The number of carboxylic acids is 1. The van der Waals surface area contributed by atoms with E-state index in [9.17, 15) is 4.79 Å². The van der Waals surface area contributed by atoms with Crippen LogP contribution in [-0.2, 0) is 38.7 Å². The van der Waals surface area contributed by atoms with Crippen LogP contribution in [0.5, 0.6) is 0 Å². The Morgan fingerprint density at radius 3 is 2.38 bits per heavy atom. The first-order valence-corrected chi connectivity index (χ1v) is 7.25. The monoisotopic (exact) mass is 354 g/mol. The fourth-order valence-electron chi connectivity index (χ4n) is 1.65. The maximum absolute atomic E-state index is 10.5. The number of ether oxygens (including phenoxy) is 3. The van der Waals surface area contributed by atoms with Crippen LogP contribution in [0, 0.1) is 5.41 Å². The number of hydrogen-bond donors (Lipinski definition) is 2. The van der Waals surface area contributed by atoms with Crippen LogP contribution in [0.3, 0.4) is 0 Å². The summed E-state index contributed by atoms with van der Waals surface area (Å²) in [6.07, 6.45) is 1.36. The van der Waals surface area contributed by atoms with Crippen LogP contribution in [-0.4, -0.2) is 76.3 Å². The third-order valence-corrected chi connectivity index (χ3v) is 2.69. The van der Waals surface area contributed by atoms with Crippen LogP contribution >= 0.6 is 0 Å². The lowest BCUT2D eigenvalue weighted by atomic mass is 9.92. The van der Waals surface area contributed by atoms with E-state index >= 15 is 0 Å². The molecule has 0 radical (unpaired) electrons. The molecule has 10 heteroatoms. The van der Waals surface area contributed by atoms with Crippen molar-refractivity contribution in [1.82, 2.24) is 0 Å². The molecule has 0 aromatic rings. The molecule has 24 heavy (non-hydrogen) atoms. The number of hydrogen-bond acceptors (Lipinski definition) is 9. The van der Waals surface area contributed by atoms with Crippen LogP contribution in [0.15, 0.2) is 12.7 Å². The van der Waals surface area contributed by atoms with Crippen molar-refractivity contribution in [2.45, 2.75) is 6.42 Å². The van der Waals surface area contributed by atoms with Crippen molar-refractivity contribution in [3.8, 4) is 0 Å². The molecule has 142 valence electrons. The zero-order valence-electron chi connectivity index (χ0n) is 13.8. The van der Waals surface area contributed by atoms with Crippen LogP contribution in [0.1, 0.15) is 6.42 Å². The molecule has 0 aromatic heterocycles. The van der Waals surface area contributed by atoms with Crippen molar-refractivity contribution < 1.29 is 49.1 Å². The maximum atomic E-state index is 10.5. The SMILES string of the molecule is C=CCOOOCC(COC)(COCCOO)COCCC(=O)O. The highest BCUT2D eigenvalue weighted by Gasteiger charge is 2.33. The van der Waals surface area contributed by atoms with Crippen molar-refractivity contribution in [2.75, 3.05) is 60.0 Å². The van der Waals surface area contributed by atoms with Gasteiger partial charge in [0.1, 0.15) is 13.2 Å². The van der Waals surface area contributed by atoms with Gasteiger partial charge in [-0.2, -0.15) is 0 Å². The Morgan fingerprint density at radius 2 is 1.79 bits per heavy atom. The van der Waals surface area contributed by atoms with E-state index in [1.165, 1.54) is 13.2 Å². The Morgan fingerprint density at radius 1 is 1.08 bits per heavy atom. The van der Waals surface area contributed by atoms with Crippen LogP contribution in [0.25, 0.3) is 0 Å². The molecular weight excluding hydrogens is 328 g/mol. The van der Waals surface area contributed by atoms with E-state index in [4.69, 9.17) is 29.5 Å². The Bertz CT molecular complexity index is 325. The normalized spacial score (nSPS) is 13.6. The number of carbonyl (C=O) groups is 1. The van der Waals surface area contributed by atoms with Gasteiger partial charge in [-0.1, -0.05) is 11.1 Å². The third-order valence-electron chi connectivity index (χ3n) is 2.69. The second kappa shape index (κ2) is 15.4. The van der Waals surface area contributed by atoms with Crippen molar-refractivity contribution in [1.29, 1.82) is 0 Å². The lowest BCUT2D eigenvalue weighted by molar-refractivity contribution is -0.515. The first kappa shape index (κ1) is 22.9. The molecule has 0 heterocycles. The van der Waals surface area contributed by atoms with Crippen molar-refractivity contribution >= 4 is 5.97 Å². The summed E-state index contributed by atoms with van der Waals surface area (Å²) in [6.45, 7) is 4.25. The molecule has 0 aliphatic carbocycles. The Balaban J connectivity index is 4.49. The molecule has 10 nitrogen and oxygen atoms in total. The van der Waals surface area contributed by atoms with E-state index in [2.05, 4.69) is 21.4 Å². The molecular formula is C14H26O10. The summed E-state index contributed by atoms with van der Waals surface area (Å²) in [4.78, 5) is 24.1. The highest BCUT2D eigenvalue weighted by molar-refractivity contribution is 5.66. The topological polar surface area (TPSA) is 122 Å². The lowest BCUT2D eigenvalue weighted by Gasteiger charge is -2.31. The van der Waals surface area contributed by atoms with E-state index in [0.717, 1.165) is 0 Å². The van der Waals surface area contributed by atoms with Crippen LogP contribution in [0.2, 0.25) is 0 Å². The van der Waals surface area contributed by atoms with Crippen LogP contribution < -0.4 is 0 Å². The van der Waals surface area contributed by atoms with Gasteiger partial charge < -0.3 is 19.3 Å². The molecule has 0 aliphatic rings. The van der Waals surface area contributed by atoms with Gasteiger partial charge in [0, 0.05) is 7.11 Å². The van der Waals surface area contributed by atoms with Gasteiger partial charge in [0.15, 0.2) is 0 Å². The average Bonchev–Trinajstić information content (AvgIpc) is 2.55. The zero-order valence-corrected chi connectivity index (χ0v) is 13.8. The Hall–Kier alpha value is -1.11. The molecule has 0 rings (SSSR count). The average molecular weight is 354 g/mol. The molecule has 0 spiro atoms. The second-order valence-electron chi connectivity index (χ2n) is 4.92. The fraction of sp³-hybridized carbons (Fsp3) is 0.786. The summed E-state index contributed by atoms with van der Waals surface area (Å²) in [7, 11) is 1.50. The van der Waals surface area contributed by atoms with Gasteiger partial charge in [0.25, 0.3) is 0 Å². The molecule has 0 saturated carbocycles. The Labute approximate surface area is 140 Å². The van der Waals surface area contributed by atoms with Crippen molar-refractivity contribution in [2.24, 2.45) is 5.41 Å². The van der Waals surface area contributed by atoms with Gasteiger partial charge in [-0.25, -0.2) is 14.7 Å². The predicted molar refractivity (Wildman–Crippen MR) is 80.0 cm³/mol. The summed E-state index contributed by atoms with van der Waals surface area (Å²) < 4.78 is 15.9. The van der Waals surface area contributed by atoms with Gasteiger partial charge in [-0.15, -0.1) is 6.58 Å². The minimum Gasteiger partial charge on any atom is -0.481 e. The smallest absolute Gasteiger partial charge is 0.305 e. The van der Waals surface area contributed by atoms with Gasteiger partial charge in [-0.05, 0) is 0 Å². The molecule has 1 atom stereocenters. The third kappa shape index (κ3) is 12.3. The summed E-state index contributed by atoms with van der Waals surface area (Å²) in [5.74, 6) is -0.957. The van der Waals surface area contributed by atoms with E-state index < -0.39 is 11.4 Å². The number of carboxylic acid groups (broad SMARTS) is 1. The van der Waals surface area contributed by atoms with Gasteiger partial charge in [-0.3, -0.25) is 10.1 Å². The predicted octanol–water partition coefficient (Wildman–Crippen LogP) is 0.683. The van der Waals surface area contributed by atoms with Gasteiger partial charge >= 0.3 is 5.97 Å². The zero-order chi connectivity index (χ0) is 18.1. The summed E-state index contributed by atoms with van der Waals surface area (Å²) in [5.41, 5.74) is -0.764. The minimum absolute atomic E-state index is 0.00271. The first-order chi connectivity index (χ1) is 11.6. The van der Waals surface area contributed by atoms with Crippen molar-refractivity contribution in [3.63, 3.8) is 0 Å². The van der Waals surface area contributed by atoms with Gasteiger partial charge in [0.05, 0.1) is 51.5 Å². The molecule has 0 aromatic carbocycles. The fourth-order valence-corrected chi connectivity index (χ4v) is 1.65. The van der Waals surface area contributed by atoms with E-state index in [1.54, 1.807) is 0 Å². The largest absolute Gasteiger partial charge is 0.481 e. The molecule has 2 N–H and O–H groups in total. The highest BCUT2D eigenvalue weighted by Crippen LogP contribution is 2.20. The quantitative estimate of drug-likeness (QED) is 0.157. The molecule has 0 fully saturated rings. The number of methoxy groups -OCH3 is 1. The number of aliphatic carboxylic acids is 1. The highest BCUT2D eigenvalue weighted by atomic mass is 17.5. The molecule has 1 unspecified atom stereocenters. The molecule has 0 saturated heterocycles. The molecule has 0 aliphatic heterocycles. The maximum Gasteiger partial charge on any atom is 0.305 e. The summed E-state index contributed by atoms with van der Waals surface area (Å²) in [6, 6.07) is 0. The summed E-state index contributed by atoms with van der Waals surface area (Å²) >= 11 is 0. The molecule has 0 amide bonds.